The number of rotatable bonds is 4. The van der Waals surface area contributed by atoms with E-state index in [9.17, 15) is 18.0 Å². The fraction of sp³-hybridized carbons (Fsp3) is 0.235. The second kappa shape index (κ2) is 6.54. The lowest BCUT2D eigenvalue weighted by atomic mass is 10.2. The van der Waals surface area contributed by atoms with Crippen LogP contribution in [0, 0.1) is 0 Å². The van der Waals surface area contributed by atoms with Gasteiger partial charge in [-0.25, -0.2) is 4.98 Å². The average Bonchev–Trinajstić information content (AvgIpc) is 3.00. The molecule has 1 aromatic carbocycles. The summed E-state index contributed by atoms with van der Waals surface area (Å²) in [5, 5.41) is 2.64. The number of halogens is 3. The number of aromatic nitrogens is 3. The Balaban J connectivity index is 1.90. The predicted molar refractivity (Wildman–Crippen MR) is 85.5 cm³/mol. The van der Waals surface area contributed by atoms with Crippen molar-refractivity contribution in [2.24, 2.45) is 0 Å². The molecule has 0 radical (unpaired) electrons. The van der Waals surface area contributed by atoms with Crippen LogP contribution in [0.4, 0.5) is 13.2 Å². The molecule has 5 nitrogen and oxygen atoms in total. The van der Waals surface area contributed by atoms with Gasteiger partial charge in [0, 0.05) is 18.9 Å². The third-order valence-corrected chi connectivity index (χ3v) is 3.81. The third-order valence-electron chi connectivity index (χ3n) is 3.81. The molecule has 1 atom stereocenters. The van der Waals surface area contributed by atoms with Gasteiger partial charge in [-0.2, -0.15) is 13.2 Å². The highest BCUT2D eigenvalue weighted by atomic mass is 19.4. The van der Waals surface area contributed by atoms with Crippen molar-refractivity contribution in [3.8, 4) is 0 Å². The molecule has 130 valence electrons. The van der Waals surface area contributed by atoms with Gasteiger partial charge in [-0.1, -0.05) is 18.2 Å². The summed E-state index contributed by atoms with van der Waals surface area (Å²) in [5.41, 5.74) is 1.22. The van der Waals surface area contributed by atoms with Crippen LogP contribution < -0.4 is 5.32 Å². The number of nitrogens with zero attached hydrogens (tertiary/aromatic N) is 3. The molecule has 0 aliphatic heterocycles. The van der Waals surface area contributed by atoms with Gasteiger partial charge in [0.2, 0.25) is 11.7 Å². The summed E-state index contributed by atoms with van der Waals surface area (Å²) >= 11 is 0. The lowest BCUT2D eigenvalue weighted by molar-refractivity contribution is -0.148. The summed E-state index contributed by atoms with van der Waals surface area (Å²) < 4.78 is 40.9. The van der Waals surface area contributed by atoms with Crippen molar-refractivity contribution in [2.75, 3.05) is 0 Å². The van der Waals surface area contributed by atoms with E-state index >= 15 is 0 Å². The minimum Gasteiger partial charge on any atom is -0.350 e. The van der Waals surface area contributed by atoms with E-state index in [1.54, 1.807) is 36.7 Å². The Morgan fingerprint density at radius 3 is 2.68 bits per heavy atom. The number of imidazole rings is 1. The molecular weight excluding hydrogens is 333 g/mol. The second-order valence-electron chi connectivity index (χ2n) is 5.55. The number of hydrogen-bond acceptors (Lipinski definition) is 3. The molecule has 0 fully saturated rings. The van der Waals surface area contributed by atoms with Crippen molar-refractivity contribution in [2.45, 2.75) is 25.7 Å². The van der Waals surface area contributed by atoms with Gasteiger partial charge < -0.3 is 9.88 Å². The maximum Gasteiger partial charge on any atom is 0.449 e. The summed E-state index contributed by atoms with van der Waals surface area (Å²) in [6.07, 6.45) is -1.48. The number of para-hydroxylation sites is 2. The van der Waals surface area contributed by atoms with Gasteiger partial charge in [-0.15, -0.1) is 0 Å². The molecule has 2 aromatic heterocycles. The van der Waals surface area contributed by atoms with Crippen LogP contribution in [0.1, 0.15) is 24.4 Å². The molecule has 0 saturated heterocycles. The second-order valence-corrected chi connectivity index (χ2v) is 5.55. The zero-order chi connectivity index (χ0) is 18.0. The first-order valence-electron chi connectivity index (χ1n) is 7.58. The Kier molecular flexibility index (Phi) is 4.43. The van der Waals surface area contributed by atoms with E-state index in [4.69, 9.17) is 0 Å². The molecule has 3 rings (SSSR count). The van der Waals surface area contributed by atoms with Crippen LogP contribution in [0.5, 0.6) is 0 Å². The molecule has 0 spiro atoms. The van der Waals surface area contributed by atoms with Crippen molar-refractivity contribution in [3.05, 3.63) is 60.2 Å². The monoisotopic (exact) mass is 348 g/mol. The fourth-order valence-corrected chi connectivity index (χ4v) is 2.59. The van der Waals surface area contributed by atoms with E-state index in [0.717, 1.165) is 10.1 Å². The van der Waals surface area contributed by atoms with Gasteiger partial charge in [0.05, 0.1) is 11.0 Å². The molecule has 3 aromatic rings. The molecule has 0 saturated carbocycles. The molecule has 8 heteroatoms. The molecule has 0 unspecified atom stereocenters. The summed E-state index contributed by atoms with van der Waals surface area (Å²) in [5.74, 6) is -1.62. The normalized spacial score (nSPS) is 13.0. The van der Waals surface area contributed by atoms with E-state index < -0.39 is 23.9 Å². The minimum atomic E-state index is -4.66. The van der Waals surface area contributed by atoms with Crippen LogP contribution in [0.25, 0.3) is 11.0 Å². The van der Waals surface area contributed by atoms with Crippen LogP contribution in [0.15, 0.2) is 48.8 Å². The van der Waals surface area contributed by atoms with E-state index in [-0.39, 0.29) is 17.6 Å². The Morgan fingerprint density at radius 2 is 2.00 bits per heavy atom. The largest absolute Gasteiger partial charge is 0.449 e. The summed E-state index contributed by atoms with van der Waals surface area (Å²) in [6, 6.07) is 8.64. The quantitative estimate of drug-likeness (QED) is 0.787. The van der Waals surface area contributed by atoms with Crippen molar-refractivity contribution in [1.82, 2.24) is 19.9 Å². The van der Waals surface area contributed by atoms with Crippen molar-refractivity contribution in [3.63, 3.8) is 0 Å². The van der Waals surface area contributed by atoms with Gasteiger partial charge in [-0.3, -0.25) is 9.78 Å². The molecule has 0 aliphatic carbocycles. The first kappa shape index (κ1) is 16.9. The van der Waals surface area contributed by atoms with Crippen LogP contribution in [0.2, 0.25) is 0 Å². The highest BCUT2D eigenvalue weighted by Gasteiger charge is 2.39. The molecule has 0 bridgehead atoms. The van der Waals surface area contributed by atoms with E-state index in [1.165, 1.54) is 19.1 Å². The summed E-state index contributed by atoms with van der Waals surface area (Å²) in [4.78, 5) is 20.0. The summed E-state index contributed by atoms with van der Waals surface area (Å²) in [7, 11) is 0. The minimum absolute atomic E-state index is 0.186. The highest BCUT2D eigenvalue weighted by Crippen LogP contribution is 2.33. The van der Waals surface area contributed by atoms with Gasteiger partial charge in [0.25, 0.3) is 0 Å². The van der Waals surface area contributed by atoms with Crippen molar-refractivity contribution >= 4 is 16.9 Å². The van der Waals surface area contributed by atoms with Crippen molar-refractivity contribution < 1.29 is 18.0 Å². The zero-order valence-electron chi connectivity index (χ0n) is 13.3. The van der Waals surface area contributed by atoms with Crippen molar-refractivity contribution in [1.29, 1.82) is 0 Å². The topological polar surface area (TPSA) is 59.8 Å². The van der Waals surface area contributed by atoms with E-state index in [1.807, 2.05) is 0 Å². The van der Waals surface area contributed by atoms with Crippen LogP contribution in [-0.2, 0) is 17.5 Å². The van der Waals surface area contributed by atoms with Gasteiger partial charge in [-0.05, 0) is 30.7 Å². The van der Waals surface area contributed by atoms with E-state index in [0.29, 0.717) is 0 Å². The zero-order valence-corrected chi connectivity index (χ0v) is 13.3. The predicted octanol–water partition coefficient (Wildman–Crippen LogP) is 3.33. The number of fused-ring (bicyclic) bond motifs is 1. The van der Waals surface area contributed by atoms with Gasteiger partial charge in [0.15, 0.2) is 0 Å². The van der Waals surface area contributed by atoms with Crippen LogP contribution in [-0.4, -0.2) is 20.4 Å². The number of nitrogens with one attached hydrogen (secondary N) is 1. The first-order valence-corrected chi connectivity index (χ1v) is 7.58. The Morgan fingerprint density at radius 1 is 1.24 bits per heavy atom. The molecule has 25 heavy (non-hydrogen) atoms. The Labute approximate surface area is 141 Å². The molecular formula is C17H15F3N4O. The van der Waals surface area contributed by atoms with Gasteiger partial charge >= 0.3 is 6.18 Å². The standard InChI is InChI=1S/C17H15F3N4O/c1-11(15(25)22-10-12-5-4-8-21-9-12)24-14-7-3-2-6-13(14)23-16(24)17(18,19)20/h2-9,11H,10H2,1H3,(H,22,25)/t11-/m0/s1. The lowest BCUT2D eigenvalue weighted by Gasteiger charge is -2.18. The van der Waals surface area contributed by atoms with Crippen LogP contribution in [0.3, 0.4) is 0 Å². The molecule has 0 aliphatic rings. The first-order chi connectivity index (χ1) is 11.9. The third kappa shape index (κ3) is 3.47. The lowest BCUT2D eigenvalue weighted by Crippen LogP contribution is -2.32. The summed E-state index contributed by atoms with van der Waals surface area (Å²) in [6.45, 7) is 1.60. The number of alkyl halides is 3. The number of amides is 1. The number of pyridine rings is 1. The fourth-order valence-electron chi connectivity index (χ4n) is 2.59. The number of benzene rings is 1. The maximum absolute atomic E-state index is 13.3. The maximum atomic E-state index is 13.3. The number of carbonyl (C=O) groups excluding carboxylic acids is 1. The Hall–Kier alpha value is -2.90. The Bertz CT molecular complexity index is 890. The van der Waals surface area contributed by atoms with Gasteiger partial charge in [0.1, 0.15) is 6.04 Å². The number of carbonyl (C=O) groups is 1. The average molecular weight is 348 g/mol. The number of hydrogen-bond donors (Lipinski definition) is 1. The molecule has 1 amide bonds. The molecule has 2 heterocycles. The van der Waals surface area contributed by atoms with Crippen LogP contribution >= 0.6 is 0 Å². The highest BCUT2D eigenvalue weighted by molar-refractivity contribution is 5.84. The smallest absolute Gasteiger partial charge is 0.350 e. The molecule has 1 N–H and O–H groups in total. The van der Waals surface area contributed by atoms with E-state index in [2.05, 4.69) is 15.3 Å². The SMILES string of the molecule is C[C@@H](C(=O)NCc1cccnc1)n1c(C(F)(F)F)nc2ccccc21.